The van der Waals surface area contributed by atoms with Gasteiger partial charge in [0.2, 0.25) is 10.0 Å². The Morgan fingerprint density at radius 2 is 1.84 bits per heavy atom. The highest BCUT2D eigenvalue weighted by atomic mass is 32.2. The molecular weight excluding hydrogens is 338 g/mol. The van der Waals surface area contributed by atoms with Gasteiger partial charge in [-0.3, -0.25) is 4.79 Å². The van der Waals surface area contributed by atoms with E-state index in [2.05, 4.69) is 10.0 Å². The maximum Gasteiger partial charge on any atom is 0.251 e. The first-order valence-corrected chi connectivity index (χ1v) is 9.65. The topological polar surface area (TPSA) is 101 Å². The molecule has 0 heterocycles. The lowest BCUT2D eigenvalue weighted by Crippen LogP contribution is -2.32. The minimum atomic E-state index is -3.58. The fourth-order valence-electron chi connectivity index (χ4n) is 2.42. The fourth-order valence-corrected chi connectivity index (χ4v) is 3.77. The van der Waals surface area contributed by atoms with Gasteiger partial charge in [-0.15, -0.1) is 0 Å². The van der Waals surface area contributed by atoms with Gasteiger partial charge in [0.15, 0.2) is 0 Å². The molecule has 1 aliphatic rings. The second kappa shape index (κ2) is 7.35. The Balaban J connectivity index is 1.65. The smallest absolute Gasteiger partial charge is 0.251 e. The second-order valence-corrected chi connectivity index (χ2v) is 7.86. The summed E-state index contributed by atoms with van der Waals surface area (Å²) in [4.78, 5) is 12.4. The summed E-state index contributed by atoms with van der Waals surface area (Å²) < 4.78 is 27.1. The first-order chi connectivity index (χ1) is 12.0. The molecule has 0 aliphatic heterocycles. The molecule has 2 aromatic rings. The van der Waals surface area contributed by atoms with Crippen LogP contribution >= 0.6 is 0 Å². The summed E-state index contributed by atoms with van der Waals surface area (Å²) in [5.74, 6) is -0.352. The molecule has 0 radical (unpaired) electrons. The number of amides is 1. The van der Waals surface area contributed by atoms with E-state index in [1.54, 1.807) is 12.1 Å². The normalized spacial score (nSPS) is 15.6. The molecule has 7 heteroatoms. The molecule has 0 aromatic heterocycles. The van der Waals surface area contributed by atoms with Gasteiger partial charge in [-0.2, -0.15) is 0 Å². The lowest BCUT2D eigenvalue weighted by molar-refractivity contribution is 0.0951. The van der Waals surface area contributed by atoms with Crippen molar-refractivity contribution in [2.45, 2.75) is 29.8 Å². The summed E-state index contributed by atoms with van der Waals surface area (Å²) in [5, 5.41) is 2.75. The SMILES string of the molecule is NC(CNC(=O)c1cccc(S(=O)(=O)NC2CC2)c1)c1ccccc1. The lowest BCUT2D eigenvalue weighted by atomic mass is 10.1. The third-order valence-electron chi connectivity index (χ3n) is 4.02. The quantitative estimate of drug-likeness (QED) is 0.698. The average molecular weight is 359 g/mol. The molecule has 1 amide bonds. The number of rotatable bonds is 7. The number of nitrogens with one attached hydrogen (secondary N) is 2. The minimum Gasteiger partial charge on any atom is -0.350 e. The first kappa shape index (κ1) is 17.6. The van der Waals surface area contributed by atoms with Crippen molar-refractivity contribution in [2.24, 2.45) is 5.73 Å². The van der Waals surface area contributed by atoms with Crippen LogP contribution in [0.15, 0.2) is 59.5 Å². The van der Waals surface area contributed by atoms with Crippen molar-refractivity contribution in [3.05, 3.63) is 65.7 Å². The monoisotopic (exact) mass is 359 g/mol. The fraction of sp³-hybridized carbons (Fsp3) is 0.278. The van der Waals surface area contributed by atoms with Crippen molar-refractivity contribution in [1.29, 1.82) is 0 Å². The molecule has 6 nitrogen and oxygen atoms in total. The van der Waals surface area contributed by atoms with Gasteiger partial charge in [0.05, 0.1) is 4.90 Å². The molecule has 3 rings (SSSR count). The van der Waals surface area contributed by atoms with Crippen molar-refractivity contribution >= 4 is 15.9 Å². The first-order valence-electron chi connectivity index (χ1n) is 8.17. The predicted octanol–water partition coefficient (Wildman–Crippen LogP) is 1.56. The van der Waals surface area contributed by atoms with Crippen molar-refractivity contribution in [3.8, 4) is 0 Å². The summed E-state index contributed by atoms with van der Waals surface area (Å²) >= 11 is 0. The molecule has 1 saturated carbocycles. The van der Waals surface area contributed by atoms with E-state index in [-0.39, 0.29) is 29.4 Å². The van der Waals surface area contributed by atoms with Crippen molar-refractivity contribution < 1.29 is 13.2 Å². The van der Waals surface area contributed by atoms with Crippen LogP contribution in [0, 0.1) is 0 Å². The van der Waals surface area contributed by atoms with E-state index < -0.39 is 10.0 Å². The van der Waals surface area contributed by atoms with E-state index in [4.69, 9.17) is 5.73 Å². The molecule has 132 valence electrons. The Labute approximate surface area is 147 Å². The molecular formula is C18H21N3O3S. The molecule has 1 fully saturated rings. The van der Waals surface area contributed by atoms with Gasteiger partial charge in [-0.1, -0.05) is 36.4 Å². The maximum absolute atomic E-state index is 12.3. The van der Waals surface area contributed by atoms with Gasteiger partial charge < -0.3 is 11.1 Å². The Morgan fingerprint density at radius 3 is 2.52 bits per heavy atom. The number of sulfonamides is 1. The molecule has 0 saturated heterocycles. The molecule has 2 aromatic carbocycles. The summed E-state index contributed by atoms with van der Waals surface area (Å²) in [6.45, 7) is 0.264. The number of carbonyl (C=O) groups is 1. The lowest BCUT2D eigenvalue weighted by Gasteiger charge is -2.13. The van der Waals surface area contributed by atoms with E-state index in [9.17, 15) is 13.2 Å². The summed E-state index contributed by atoms with van der Waals surface area (Å²) in [6, 6.07) is 15.2. The number of hydrogen-bond acceptors (Lipinski definition) is 4. The highest BCUT2D eigenvalue weighted by molar-refractivity contribution is 7.89. The summed E-state index contributed by atoms with van der Waals surface area (Å²) in [7, 11) is -3.58. The summed E-state index contributed by atoms with van der Waals surface area (Å²) in [6.07, 6.45) is 1.72. The zero-order valence-corrected chi connectivity index (χ0v) is 14.5. The molecule has 0 bridgehead atoms. The third kappa shape index (κ3) is 4.66. The van der Waals surface area contributed by atoms with Crippen LogP contribution in [0.2, 0.25) is 0 Å². The van der Waals surface area contributed by atoms with E-state index in [0.717, 1.165) is 18.4 Å². The van der Waals surface area contributed by atoms with E-state index in [1.165, 1.54) is 12.1 Å². The number of benzene rings is 2. The van der Waals surface area contributed by atoms with Crippen LogP contribution in [0.25, 0.3) is 0 Å². The van der Waals surface area contributed by atoms with Crippen LogP contribution < -0.4 is 15.8 Å². The number of carbonyl (C=O) groups excluding carboxylic acids is 1. The Kier molecular flexibility index (Phi) is 5.17. The van der Waals surface area contributed by atoms with Crippen molar-refractivity contribution in [1.82, 2.24) is 10.0 Å². The van der Waals surface area contributed by atoms with Crippen LogP contribution in [-0.2, 0) is 10.0 Å². The van der Waals surface area contributed by atoms with Crippen LogP contribution in [0.3, 0.4) is 0 Å². The largest absolute Gasteiger partial charge is 0.350 e. The molecule has 0 spiro atoms. The number of nitrogens with two attached hydrogens (primary N) is 1. The molecule has 25 heavy (non-hydrogen) atoms. The van der Waals surface area contributed by atoms with Gasteiger partial charge in [0.1, 0.15) is 0 Å². The summed E-state index contributed by atoms with van der Waals surface area (Å²) in [5.41, 5.74) is 7.28. The van der Waals surface area contributed by atoms with Gasteiger partial charge in [0.25, 0.3) is 5.91 Å². The molecule has 1 aliphatic carbocycles. The van der Waals surface area contributed by atoms with Crippen LogP contribution in [0.1, 0.15) is 34.8 Å². The highest BCUT2D eigenvalue weighted by Crippen LogP contribution is 2.22. The Bertz CT molecular complexity index is 849. The predicted molar refractivity (Wildman–Crippen MR) is 95.5 cm³/mol. The number of hydrogen-bond donors (Lipinski definition) is 3. The van der Waals surface area contributed by atoms with Crippen molar-refractivity contribution in [2.75, 3.05) is 6.54 Å². The standard InChI is InChI=1S/C18H21N3O3S/c19-17(13-5-2-1-3-6-13)12-20-18(22)14-7-4-8-16(11-14)25(23,24)21-15-9-10-15/h1-8,11,15,17,21H,9-10,12,19H2,(H,20,22). The highest BCUT2D eigenvalue weighted by Gasteiger charge is 2.28. The molecule has 1 atom stereocenters. The van der Waals surface area contributed by atoms with Gasteiger partial charge in [0, 0.05) is 24.2 Å². The zero-order chi connectivity index (χ0) is 17.9. The van der Waals surface area contributed by atoms with E-state index in [0.29, 0.717) is 5.56 Å². The van der Waals surface area contributed by atoms with E-state index >= 15 is 0 Å². The van der Waals surface area contributed by atoms with Gasteiger partial charge in [-0.05, 0) is 36.6 Å². The third-order valence-corrected chi connectivity index (χ3v) is 5.53. The van der Waals surface area contributed by atoms with E-state index in [1.807, 2.05) is 30.3 Å². The van der Waals surface area contributed by atoms with Crippen LogP contribution in [0.4, 0.5) is 0 Å². The van der Waals surface area contributed by atoms with Gasteiger partial charge >= 0.3 is 0 Å². The second-order valence-electron chi connectivity index (χ2n) is 6.15. The molecule has 1 unspecified atom stereocenters. The minimum absolute atomic E-state index is 0.0198. The Morgan fingerprint density at radius 1 is 1.12 bits per heavy atom. The molecule has 4 N–H and O–H groups in total. The van der Waals surface area contributed by atoms with Crippen molar-refractivity contribution in [3.63, 3.8) is 0 Å². The Hall–Kier alpha value is -2.22. The van der Waals surface area contributed by atoms with Gasteiger partial charge in [-0.25, -0.2) is 13.1 Å². The average Bonchev–Trinajstić information content (AvgIpc) is 3.43. The van der Waals surface area contributed by atoms with Crippen LogP contribution in [-0.4, -0.2) is 26.9 Å². The zero-order valence-electron chi connectivity index (χ0n) is 13.7. The maximum atomic E-state index is 12.3. The van der Waals surface area contributed by atoms with Crippen LogP contribution in [0.5, 0.6) is 0 Å².